The summed E-state index contributed by atoms with van der Waals surface area (Å²) >= 11 is 11.9. The normalized spacial score (nSPS) is 13.1. The number of halogens is 2. The molecule has 1 atom stereocenters. The van der Waals surface area contributed by atoms with E-state index in [4.69, 9.17) is 33.7 Å². The number of quaternary nitrogens is 1. The molecule has 25 heavy (non-hydrogen) atoms. The quantitative estimate of drug-likeness (QED) is 0.501. The third kappa shape index (κ3) is 6.80. The van der Waals surface area contributed by atoms with Gasteiger partial charge in [-0.05, 0) is 30.3 Å². The molecule has 2 aromatic carbocycles. The van der Waals surface area contributed by atoms with Gasteiger partial charge in [-0.25, -0.2) is 10.0 Å². The highest BCUT2D eigenvalue weighted by molar-refractivity contribution is 6.34. The Hall–Kier alpha value is -1.99. The molecular formula is C17H20Cl2N3O3+. The molecule has 0 aliphatic carbocycles. The van der Waals surface area contributed by atoms with Gasteiger partial charge in [0.2, 0.25) is 0 Å². The molecule has 134 valence electrons. The molecule has 6 nitrogen and oxygen atoms in total. The molecular weight excluding hydrogens is 365 g/mol. The molecule has 0 fully saturated rings. The smallest absolute Gasteiger partial charge is 0.312 e. The van der Waals surface area contributed by atoms with Crippen molar-refractivity contribution in [3.8, 4) is 11.5 Å². The molecule has 2 rings (SSSR count). The highest BCUT2D eigenvalue weighted by Crippen LogP contribution is 2.29. The van der Waals surface area contributed by atoms with Crippen molar-refractivity contribution < 1.29 is 19.4 Å². The fourth-order valence-electron chi connectivity index (χ4n) is 2.32. The summed E-state index contributed by atoms with van der Waals surface area (Å²) in [6.45, 7) is 0.936. The van der Waals surface area contributed by atoms with Gasteiger partial charge in [0.05, 0.1) is 13.6 Å². The number of hydrogen-bond acceptors (Lipinski definition) is 3. The monoisotopic (exact) mass is 384 g/mol. The van der Waals surface area contributed by atoms with Gasteiger partial charge in [0.1, 0.15) is 24.6 Å². The van der Waals surface area contributed by atoms with Crippen LogP contribution < -0.4 is 15.8 Å². The molecule has 8 heteroatoms. The lowest BCUT2D eigenvalue weighted by Crippen LogP contribution is -2.46. The van der Waals surface area contributed by atoms with Gasteiger partial charge < -0.3 is 15.8 Å². The van der Waals surface area contributed by atoms with Crippen molar-refractivity contribution in [1.82, 2.24) is 5.32 Å². The zero-order valence-corrected chi connectivity index (χ0v) is 15.2. The first-order chi connectivity index (χ1) is 11.7. The van der Waals surface area contributed by atoms with E-state index in [1.54, 1.807) is 31.3 Å². The SMILES string of the molecule is C[N+](O)(CCNC(N)=O)Cc1cccc(Oc2cc(Cl)cc(Cl)c2)c1. The highest BCUT2D eigenvalue weighted by atomic mass is 35.5. The molecule has 0 spiro atoms. The number of hydroxylamine groups is 3. The number of carbonyl (C=O) groups is 1. The molecule has 0 saturated carbocycles. The average molecular weight is 385 g/mol. The van der Waals surface area contributed by atoms with Crippen LogP contribution in [0.3, 0.4) is 0 Å². The van der Waals surface area contributed by atoms with Crippen molar-refractivity contribution in [2.24, 2.45) is 5.73 Å². The Morgan fingerprint density at radius 3 is 2.52 bits per heavy atom. The lowest BCUT2D eigenvalue weighted by atomic mass is 10.2. The van der Waals surface area contributed by atoms with E-state index in [-0.39, 0.29) is 11.2 Å². The van der Waals surface area contributed by atoms with Gasteiger partial charge in [-0.2, -0.15) is 4.65 Å². The molecule has 0 heterocycles. The summed E-state index contributed by atoms with van der Waals surface area (Å²) in [5.41, 5.74) is 5.88. The Balaban J connectivity index is 2.04. The van der Waals surface area contributed by atoms with E-state index in [1.807, 2.05) is 18.2 Å². The van der Waals surface area contributed by atoms with E-state index >= 15 is 0 Å². The number of nitrogens with zero attached hydrogens (tertiary/aromatic N) is 1. The zero-order chi connectivity index (χ0) is 18.4. The number of carbonyl (C=O) groups excluding carboxylic acids is 1. The van der Waals surface area contributed by atoms with Crippen molar-refractivity contribution >= 4 is 29.2 Å². The lowest BCUT2D eigenvalue weighted by Gasteiger charge is -2.25. The molecule has 0 aliphatic heterocycles. The molecule has 2 amide bonds. The van der Waals surface area contributed by atoms with E-state index in [1.165, 1.54) is 0 Å². The van der Waals surface area contributed by atoms with Crippen molar-refractivity contribution in [3.05, 3.63) is 58.1 Å². The largest absolute Gasteiger partial charge is 0.457 e. The Bertz CT molecular complexity index is 733. The number of urea groups is 1. The van der Waals surface area contributed by atoms with Crippen LogP contribution >= 0.6 is 23.2 Å². The Morgan fingerprint density at radius 2 is 1.88 bits per heavy atom. The van der Waals surface area contributed by atoms with Crippen LogP contribution in [0.25, 0.3) is 0 Å². The molecule has 0 bridgehead atoms. The fourth-order valence-corrected chi connectivity index (χ4v) is 2.83. The average Bonchev–Trinajstić information content (AvgIpc) is 2.45. The Kier molecular flexibility index (Phi) is 6.50. The van der Waals surface area contributed by atoms with Crippen LogP contribution in [-0.2, 0) is 6.54 Å². The molecule has 4 N–H and O–H groups in total. The molecule has 0 aromatic heterocycles. The van der Waals surface area contributed by atoms with Crippen molar-refractivity contribution in [2.75, 3.05) is 20.1 Å². The number of amides is 2. The Morgan fingerprint density at radius 1 is 1.20 bits per heavy atom. The predicted molar refractivity (Wildman–Crippen MR) is 97.1 cm³/mol. The summed E-state index contributed by atoms with van der Waals surface area (Å²) in [4.78, 5) is 10.7. The maximum absolute atomic E-state index is 10.7. The van der Waals surface area contributed by atoms with Gasteiger partial charge in [0.15, 0.2) is 0 Å². The number of likely N-dealkylation sites (N-methyl/N-ethyl adjacent to an activating group) is 1. The molecule has 0 radical (unpaired) electrons. The van der Waals surface area contributed by atoms with Crippen LogP contribution in [0.1, 0.15) is 5.56 Å². The van der Waals surface area contributed by atoms with Crippen LogP contribution in [0.4, 0.5) is 4.79 Å². The van der Waals surface area contributed by atoms with Crippen LogP contribution in [-0.4, -0.2) is 36.0 Å². The second-order valence-corrected chi connectivity index (χ2v) is 6.74. The highest BCUT2D eigenvalue weighted by Gasteiger charge is 2.20. The zero-order valence-electron chi connectivity index (χ0n) is 13.7. The van der Waals surface area contributed by atoms with Crippen LogP contribution in [0, 0.1) is 0 Å². The number of ether oxygens (including phenoxy) is 1. The van der Waals surface area contributed by atoms with Gasteiger partial charge in [-0.1, -0.05) is 35.3 Å². The number of rotatable bonds is 7. The topological polar surface area (TPSA) is 84.6 Å². The van der Waals surface area contributed by atoms with E-state index in [9.17, 15) is 10.0 Å². The van der Waals surface area contributed by atoms with Crippen molar-refractivity contribution in [3.63, 3.8) is 0 Å². The number of hydrogen-bond donors (Lipinski definition) is 3. The third-order valence-electron chi connectivity index (χ3n) is 3.39. The minimum atomic E-state index is -0.615. The molecule has 0 aliphatic rings. The molecule has 0 saturated heterocycles. The van der Waals surface area contributed by atoms with E-state index in [0.717, 1.165) is 5.56 Å². The van der Waals surface area contributed by atoms with E-state index in [2.05, 4.69) is 5.32 Å². The van der Waals surface area contributed by atoms with Crippen LogP contribution in [0.15, 0.2) is 42.5 Å². The first kappa shape index (κ1) is 19.3. The molecule has 2 aromatic rings. The van der Waals surface area contributed by atoms with Gasteiger partial charge in [-0.3, -0.25) is 0 Å². The fraction of sp³-hybridized carbons (Fsp3) is 0.235. The minimum absolute atomic E-state index is 0.277. The summed E-state index contributed by atoms with van der Waals surface area (Å²) in [7, 11) is 1.65. The second kappa shape index (κ2) is 8.40. The van der Waals surface area contributed by atoms with Gasteiger partial charge in [-0.15, -0.1) is 0 Å². The number of nitrogens with two attached hydrogens (primary N) is 1. The summed E-state index contributed by atoms with van der Waals surface area (Å²) < 4.78 is 5.48. The first-order valence-corrected chi connectivity index (χ1v) is 8.33. The maximum Gasteiger partial charge on any atom is 0.312 e. The van der Waals surface area contributed by atoms with Gasteiger partial charge >= 0.3 is 6.03 Å². The number of benzene rings is 2. The second-order valence-electron chi connectivity index (χ2n) is 5.87. The Labute approximate surface area is 156 Å². The van der Waals surface area contributed by atoms with Gasteiger partial charge in [0, 0.05) is 15.6 Å². The standard InChI is InChI=1S/C17H19Cl2N3O3/c1-22(24,6-5-21-17(20)23)11-12-3-2-4-15(7-12)25-16-9-13(18)8-14(19)10-16/h2-4,7-10,24H,5-6,11H2,1H3,(H2-,20,21,23)/p+1. The van der Waals surface area contributed by atoms with E-state index < -0.39 is 6.03 Å². The predicted octanol–water partition coefficient (Wildman–Crippen LogP) is 3.79. The van der Waals surface area contributed by atoms with Crippen LogP contribution in [0.5, 0.6) is 11.5 Å². The van der Waals surface area contributed by atoms with Crippen molar-refractivity contribution in [2.45, 2.75) is 6.54 Å². The number of nitrogens with one attached hydrogen (secondary N) is 1. The third-order valence-corrected chi connectivity index (χ3v) is 3.82. The van der Waals surface area contributed by atoms with E-state index in [0.29, 0.717) is 34.6 Å². The van der Waals surface area contributed by atoms with Crippen LogP contribution in [0.2, 0.25) is 10.0 Å². The summed E-state index contributed by atoms with van der Waals surface area (Å²) in [5, 5.41) is 13.8. The summed E-state index contributed by atoms with van der Waals surface area (Å²) in [6.07, 6.45) is 0. The van der Waals surface area contributed by atoms with Gasteiger partial charge in [0.25, 0.3) is 0 Å². The van der Waals surface area contributed by atoms with Crippen molar-refractivity contribution in [1.29, 1.82) is 0 Å². The first-order valence-electron chi connectivity index (χ1n) is 7.57. The summed E-state index contributed by atoms with van der Waals surface area (Å²) in [5.74, 6) is 1.13. The maximum atomic E-state index is 10.7. The molecule has 1 unspecified atom stereocenters. The number of primary amides is 1. The minimum Gasteiger partial charge on any atom is -0.457 e. The summed E-state index contributed by atoms with van der Waals surface area (Å²) in [6, 6.07) is 11.7. The lowest BCUT2D eigenvalue weighted by molar-refractivity contribution is -1.10.